The number of hydrogen-bond acceptors (Lipinski definition) is 4. The summed E-state index contributed by atoms with van der Waals surface area (Å²) in [4.78, 5) is 22.1. The van der Waals surface area contributed by atoms with Crippen LogP contribution in [0.15, 0.2) is 29.1 Å². The smallest absolute Gasteiger partial charge is 0.259 e. The first-order chi connectivity index (χ1) is 11.5. The quantitative estimate of drug-likeness (QED) is 0.865. The van der Waals surface area contributed by atoms with Crippen molar-refractivity contribution < 1.29 is 0 Å². The molecule has 0 aliphatic carbocycles. The van der Waals surface area contributed by atoms with E-state index in [-0.39, 0.29) is 5.56 Å². The summed E-state index contributed by atoms with van der Waals surface area (Å²) in [6, 6.07) is 8.41. The zero-order valence-electron chi connectivity index (χ0n) is 15.0. The standard InChI is InChI=1S/C19H26N4O/c1-5-11-21-12-22(16-9-7-14(3)8-10-16)19-20-15(4)17(6-2)18(24)23(19)13-21/h7-10H,5-6,11-13H2,1-4H3. The third-order valence-corrected chi connectivity index (χ3v) is 4.61. The summed E-state index contributed by atoms with van der Waals surface area (Å²) in [7, 11) is 0. The van der Waals surface area contributed by atoms with Crippen LogP contribution in [-0.2, 0) is 13.1 Å². The third kappa shape index (κ3) is 2.96. The first-order valence-corrected chi connectivity index (χ1v) is 8.72. The first kappa shape index (κ1) is 16.7. The van der Waals surface area contributed by atoms with E-state index in [9.17, 15) is 4.79 Å². The predicted molar refractivity (Wildman–Crippen MR) is 97.8 cm³/mol. The number of fused-ring (bicyclic) bond motifs is 1. The molecular formula is C19H26N4O. The van der Waals surface area contributed by atoms with Crippen molar-refractivity contribution in [1.29, 1.82) is 0 Å². The number of benzene rings is 1. The lowest BCUT2D eigenvalue weighted by molar-refractivity contribution is 0.198. The van der Waals surface area contributed by atoms with Gasteiger partial charge in [-0.15, -0.1) is 0 Å². The summed E-state index contributed by atoms with van der Waals surface area (Å²) < 4.78 is 1.82. The highest BCUT2D eigenvalue weighted by molar-refractivity contribution is 5.58. The second-order valence-corrected chi connectivity index (χ2v) is 6.50. The third-order valence-electron chi connectivity index (χ3n) is 4.61. The van der Waals surface area contributed by atoms with E-state index in [1.54, 1.807) is 0 Å². The molecule has 5 nitrogen and oxygen atoms in total. The van der Waals surface area contributed by atoms with Crippen molar-refractivity contribution >= 4 is 11.6 Å². The Kier molecular flexibility index (Phi) is 4.71. The van der Waals surface area contributed by atoms with E-state index in [1.807, 2.05) is 18.4 Å². The average molecular weight is 326 g/mol. The van der Waals surface area contributed by atoms with Crippen molar-refractivity contribution in [2.45, 2.75) is 47.2 Å². The van der Waals surface area contributed by atoms with Crippen LogP contribution in [0.4, 0.5) is 11.6 Å². The van der Waals surface area contributed by atoms with Gasteiger partial charge in [0.05, 0.1) is 13.3 Å². The number of rotatable bonds is 4. The molecular weight excluding hydrogens is 300 g/mol. The van der Waals surface area contributed by atoms with E-state index in [2.05, 4.69) is 47.9 Å². The Morgan fingerprint density at radius 1 is 1.08 bits per heavy atom. The van der Waals surface area contributed by atoms with Gasteiger partial charge < -0.3 is 0 Å². The Balaban J connectivity index is 2.14. The first-order valence-electron chi connectivity index (χ1n) is 8.72. The molecule has 5 heteroatoms. The van der Waals surface area contributed by atoms with Gasteiger partial charge in [0.2, 0.25) is 5.95 Å². The molecule has 0 spiro atoms. The van der Waals surface area contributed by atoms with Gasteiger partial charge in [-0.25, -0.2) is 4.98 Å². The minimum Gasteiger partial charge on any atom is -0.298 e. The van der Waals surface area contributed by atoms with Gasteiger partial charge in [-0.3, -0.25) is 19.2 Å². The van der Waals surface area contributed by atoms with E-state index in [4.69, 9.17) is 4.98 Å². The summed E-state index contributed by atoms with van der Waals surface area (Å²) in [5, 5.41) is 0. The van der Waals surface area contributed by atoms with Gasteiger partial charge in [-0.05, 0) is 38.8 Å². The van der Waals surface area contributed by atoms with Crippen LogP contribution in [-0.4, -0.2) is 27.7 Å². The van der Waals surface area contributed by atoms with Crippen molar-refractivity contribution in [2.75, 3.05) is 18.1 Å². The Morgan fingerprint density at radius 2 is 1.79 bits per heavy atom. The molecule has 1 aliphatic rings. The summed E-state index contributed by atoms with van der Waals surface area (Å²) in [5.41, 5.74) is 4.06. The maximum Gasteiger partial charge on any atom is 0.259 e. The normalized spacial score (nSPS) is 14.8. The zero-order valence-corrected chi connectivity index (χ0v) is 15.0. The summed E-state index contributed by atoms with van der Waals surface area (Å²) in [6.45, 7) is 10.5. The van der Waals surface area contributed by atoms with Gasteiger partial charge in [0.25, 0.3) is 5.56 Å². The van der Waals surface area contributed by atoms with E-state index in [0.29, 0.717) is 6.67 Å². The van der Waals surface area contributed by atoms with E-state index >= 15 is 0 Å². The predicted octanol–water partition coefficient (Wildman–Crippen LogP) is 3.20. The molecule has 3 rings (SSSR count). The van der Waals surface area contributed by atoms with E-state index in [1.165, 1.54) is 5.56 Å². The van der Waals surface area contributed by atoms with Crippen LogP contribution in [0.1, 0.15) is 37.1 Å². The lowest BCUT2D eigenvalue weighted by Gasteiger charge is -2.38. The topological polar surface area (TPSA) is 41.4 Å². The van der Waals surface area contributed by atoms with Gasteiger partial charge in [0.15, 0.2) is 0 Å². The van der Waals surface area contributed by atoms with Crippen LogP contribution in [0.5, 0.6) is 0 Å². The molecule has 1 aliphatic heterocycles. The molecule has 0 saturated carbocycles. The molecule has 24 heavy (non-hydrogen) atoms. The fraction of sp³-hybridized carbons (Fsp3) is 0.474. The highest BCUT2D eigenvalue weighted by atomic mass is 16.1. The molecule has 0 unspecified atom stereocenters. The van der Waals surface area contributed by atoms with Crippen LogP contribution in [0, 0.1) is 13.8 Å². The zero-order chi connectivity index (χ0) is 17.3. The lowest BCUT2D eigenvalue weighted by Crippen LogP contribution is -2.48. The molecule has 1 aromatic heterocycles. The Labute approximate surface area is 143 Å². The minimum absolute atomic E-state index is 0.0953. The Hall–Kier alpha value is -2.14. The molecule has 1 aromatic carbocycles. The van der Waals surface area contributed by atoms with Gasteiger partial charge >= 0.3 is 0 Å². The van der Waals surface area contributed by atoms with Gasteiger partial charge in [0.1, 0.15) is 0 Å². The molecule has 0 N–H and O–H groups in total. The molecule has 0 atom stereocenters. The minimum atomic E-state index is 0.0953. The Bertz CT molecular complexity index is 779. The molecule has 0 bridgehead atoms. The van der Waals surface area contributed by atoms with Gasteiger partial charge in [-0.1, -0.05) is 31.5 Å². The average Bonchev–Trinajstić information content (AvgIpc) is 2.56. The largest absolute Gasteiger partial charge is 0.298 e. The van der Waals surface area contributed by atoms with Gasteiger partial charge in [-0.2, -0.15) is 0 Å². The molecule has 0 fully saturated rings. The van der Waals surface area contributed by atoms with Crippen LogP contribution in [0.25, 0.3) is 0 Å². The number of aryl methyl sites for hydroxylation is 2. The summed E-state index contributed by atoms with van der Waals surface area (Å²) in [6.07, 6.45) is 1.78. The number of nitrogens with zero attached hydrogens (tertiary/aromatic N) is 4. The van der Waals surface area contributed by atoms with Crippen LogP contribution in [0.2, 0.25) is 0 Å². The van der Waals surface area contributed by atoms with E-state index in [0.717, 1.165) is 48.9 Å². The van der Waals surface area contributed by atoms with Crippen LogP contribution in [0.3, 0.4) is 0 Å². The molecule has 0 radical (unpaired) electrons. The monoisotopic (exact) mass is 326 g/mol. The van der Waals surface area contributed by atoms with Crippen LogP contribution >= 0.6 is 0 Å². The second kappa shape index (κ2) is 6.77. The fourth-order valence-electron chi connectivity index (χ4n) is 3.31. The molecule has 0 amide bonds. The van der Waals surface area contributed by atoms with Crippen molar-refractivity contribution in [3.05, 3.63) is 51.4 Å². The lowest BCUT2D eigenvalue weighted by atomic mass is 10.2. The van der Waals surface area contributed by atoms with Crippen molar-refractivity contribution in [2.24, 2.45) is 0 Å². The summed E-state index contributed by atoms with van der Waals surface area (Å²) in [5.74, 6) is 0.755. The van der Waals surface area contributed by atoms with Crippen LogP contribution < -0.4 is 10.5 Å². The highest BCUT2D eigenvalue weighted by Crippen LogP contribution is 2.27. The maximum absolute atomic E-state index is 12.9. The molecule has 2 heterocycles. The van der Waals surface area contributed by atoms with Crippen molar-refractivity contribution in [3.63, 3.8) is 0 Å². The molecule has 2 aromatic rings. The van der Waals surface area contributed by atoms with Crippen molar-refractivity contribution in [3.8, 4) is 0 Å². The van der Waals surface area contributed by atoms with E-state index < -0.39 is 0 Å². The second-order valence-electron chi connectivity index (χ2n) is 6.50. The molecule has 128 valence electrons. The molecule has 0 saturated heterocycles. The Morgan fingerprint density at radius 3 is 2.42 bits per heavy atom. The fourth-order valence-corrected chi connectivity index (χ4v) is 3.31. The summed E-state index contributed by atoms with van der Waals surface area (Å²) >= 11 is 0. The SMILES string of the molecule is CCCN1CN(c2ccc(C)cc2)c2nc(C)c(CC)c(=O)n2C1. The number of hydrogen-bond donors (Lipinski definition) is 0. The maximum atomic E-state index is 12.9. The number of anilines is 2. The number of aromatic nitrogens is 2. The van der Waals surface area contributed by atoms with Crippen molar-refractivity contribution in [1.82, 2.24) is 14.5 Å². The highest BCUT2D eigenvalue weighted by Gasteiger charge is 2.27. The van der Waals surface area contributed by atoms with Gasteiger partial charge in [0, 0.05) is 23.5 Å².